The second-order valence-electron chi connectivity index (χ2n) is 4.47. The molecule has 1 rings (SSSR count). The summed E-state index contributed by atoms with van der Waals surface area (Å²) < 4.78 is 5.46. The molecular formula is C13H18Cl3NO. The van der Waals surface area contributed by atoms with Crippen molar-refractivity contribution in [3.8, 4) is 0 Å². The molecule has 0 radical (unpaired) electrons. The number of hydrogen-bond donors (Lipinski definition) is 1. The van der Waals surface area contributed by atoms with Crippen LogP contribution in [0.15, 0.2) is 12.1 Å². The molecule has 0 atom stereocenters. The Labute approximate surface area is 124 Å². The maximum atomic E-state index is 6.09. The first-order chi connectivity index (χ1) is 8.52. The molecule has 0 aliphatic heterocycles. The van der Waals surface area contributed by atoms with Gasteiger partial charge in [-0.15, -0.1) is 0 Å². The summed E-state index contributed by atoms with van der Waals surface area (Å²) in [6.45, 7) is 7.04. The SMILES string of the molecule is CC(C)COCCNCc1c(Cl)ccc(Cl)c1Cl. The first-order valence-corrected chi connectivity index (χ1v) is 7.06. The van der Waals surface area contributed by atoms with Gasteiger partial charge in [-0.1, -0.05) is 48.7 Å². The Morgan fingerprint density at radius 1 is 1.17 bits per heavy atom. The molecule has 0 aromatic heterocycles. The van der Waals surface area contributed by atoms with Crippen LogP contribution in [-0.2, 0) is 11.3 Å². The van der Waals surface area contributed by atoms with Gasteiger partial charge in [-0.3, -0.25) is 0 Å². The fourth-order valence-corrected chi connectivity index (χ4v) is 2.09. The molecule has 0 unspecified atom stereocenters. The van der Waals surface area contributed by atoms with E-state index >= 15 is 0 Å². The van der Waals surface area contributed by atoms with E-state index in [1.165, 1.54) is 0 Å². The minimum atomic E-state index is 0.514. The van der Waals surface area contributed by atoms with Crippen molar-refractivity contribution in [2.75, 3.05) is 19.8 Å². The highest BCUT2D eigenvalue weighted by Crippen LogP contribution is 2.31. The van der Waals surface area contributed by atoms with Crippen molar-refractivity contribution in [2.24, 2.45) is 5.92 Å². The van der Waals surface area contributed by atoms with E-state index in [4.69, 9.17) is 39.5 Å². The van der Waals surface area contributed by atoms with Crippen molar-refractivity contribution in [3.05, 3.63) is 32.8 Å². The van der Waals surface area contributed by atoms with Crippen LogP contribution in [0.5, 0.6) is 0 Å². The summed E-state index contributed by atoms with van der Waals surface area (Å²) in [7, 11) is 0. The Morgan fingerprint density at radius 2 is 1.83 bits per heavy atom. The van der Waals surface area contributed by atoms with E-state index in [2.05, 4.69) is 19.2 Å². The van der Waals surface area contributed by atoms with Crippen molar-refractivity contribution in [3.63, 3.8) is 0 Å². The number of benzene rings is 1. The van der Waals surface area contributed by atoms with E-state index < -0.39 is 0 Å². The number of nitrogens with one attached hydrogen (secondary N) is 1. The summed E-state index contributed by atoms with van der Waals surface area (Å²) in [6, 6.07) is 3.45. The van der Waals surface area contributed by atoms with Gasteiger partial charge in [0, 0.05) is 30.3 Å². The zero-order chi connectivity index (χ0) is 13.5. The second-order valence-corrected chi connectivity index (χ2v) is 5.66. The van der Waals surface area contributed by atoms with E-state index in [9.17, 15) is 0 Å². The van der Waals surface area contributed by atoms with Gasteiger partial charge < -0.3 is 10.1 Å². The molecule has 0 heterocycles. The van der Waals surface area contributed by atoms with Crippen LogP contribution in [-0.4, -0.2) is 19.8 Å². The summed E-state index contributed by atoms with van der Waals surface area (Å²) in [6.07, 6.45) is 0. The summed E-state index contributed by atoms with van der Waals surface area (Å²) in [5, 5.41) is 4.89. The molecule has 1 aromatic rings. The number of rotatable bonds is 7. The molecular weight excluding hydrogens is 293 g/mol. The van der Waals surface area contributed by atoms with Crippen LogP contribution in [0.25, 0.3) is 0 Å². The Hall–Kier alpha value is 0.01000. The van der Waals surface area contributed by atoms with Crippen molar-refractivity contribution < 1.29 is 4.74 Å². The van der Waals surface area contributed by atoms with E-state index in [1.807, 2.05) is 0 Å². The fraction of sp³-hybridized carbons (Fsp3) is 0.538. The monoisotopic (exact) mass is 309 g/mol. The van der Waals surface area contributed by atoms with E-state index in [1.54, 1.807) is 12.1 Å². The Kier molecular flexibility index (Phi) is 7.35. The summed E-state index contributed by atoms with van der Waals surface area (Å²) in [4.78, 5) is 0. The van der Waals surface area contributed by atoms with Crippen LogP contribution in [0.1, 0.15) is 19.4 Å². The van der Waals surface area contributed by atoms with Gasteiger partial charge in [0.25, 0.3) is 0 Å². The summed E-state index contributed by atoms with van der Waals surface area (Å²) >= 11 is 18.1. The van der Waals surface area contributed by atoms with E-state index in [0.717, 1.165) is 18.7 Å². The lowest BCUT2D eigenvalue weighted by atomic mass is 10.2. The predicted octanol–water partition coefficient (Wildman–Crippen LogP) is 4.41. The molecule has 1 aromatic carbocycles. The molecule has 18 heavy (non-hydrogen) atoms. The zero-order valence-corrected chi connectivity index (χ0v) is 12.9. The lowest BCUT2D eigenvalue weighted by Crippen LogP contribution is -2.20. The van der Waals surface area contributed by atoms with Gasteiger partial charge >= 0.3 is 0 Å². The topological polar surface area (TPSA) is 21.3 Å². The van der Waals surface area contributed by atoms with Gasteiger partial charge in [0.05, 0.1) is 16.7 Å². The zero-order valence-electron chi connectivity index (χ0n) is 10.6. The minimum Gasteiger partial charge on any atom is -0.380 e. The van der Waals surface area contributed by atoms with Crippen molar-refractivity contribution in [1.29, 1.82) is 0 Å². The highest BCUT2D eigenvalue weighted by Gasteiger charge is 2.08. The Morgan fingerprint density at radius 3 is 2.50 bits per heavy atom. The molecule has 2 nitrogen and oxygen atoms in total. The molecule has 0 aliphatic carbocycles. The molecule has 102 valence electrons. The van der Waals surface area contributed by atoms with E-state index in [-0.39, 0.29) is 0 Å². The number of ether oxygens (including phenoxy) is 1. The van der Waals surface area contributed by atoms with Crippen LogP contribution < -0.4 is 5.32 Å². The van der Waals surface area contributed by atoms with Crippen molar-refractivity contribution in [2.45, 2.75) is 20.4 Å². The molecule has 0 spiro atoms. The quantitative estimate of drug-likeness (QED) is 0.595. The van der Waals surface area contributed by atoms with Gasteiger partial charge in [-0.2, -0.15) is 0 Å². The summed E-state index contributed by atoms with van der Waals surface area (Å²) in [5.74, 6) is 0.557. The predicted molar refractivity (Wildman–Crippen MR) is 78.8 cm³/mol. The Bertz CT molecular complexity index is 383. The molecule has 0 bridgehead atoms. The van der Waals surface area contributed by atoms with Crippen molar-refractivity contribution >= 4 is 34.8 Å². The molecule has 0 saturated carbocycles. The van der Waals surface area contributed by atoms with Gasteiger partial charge in [0.1, 0.15) is 0 Å². The molecule has 0 saturated heterocycles. The smallest absolute Gasteiger partial charge is 0.0652 e. The molecule has 0 fully saturated rings. The van der Waals surface area contributed by atoms with Crippen LogP contribution in [0, 0.1) is 5.92 Å². The van der Waals surface area contributed by atoms with Crippen LogP contribution in [0.3, 0.4) is 0 Å². The molecule has 5 heteroatoms. The summed E-state index contributed by atoms with van der Waals surface area (Å²) in [5.41, 5.74) is 0.828. The first kappa shape index (κ1) is 16.1. The average molecular weight is 311 g/mol. The first-order valence-electron chi connectivity index (χ1n) is 5.93. The average Bonchev–Trinajstić information content (AvgIpc) is 2.32. The third-order valence-corrected chi connectivity index (χ3v) is 3.51. The van der Waals surface area contributed by atoms with Crippen LogP contribution >= 0.6 is 34.8 Å². The highest BCUT2D eigenvalue weighted by molar-refractivity contribution is 6.44. The highest BCUT2D eigenvalue weighted by atomic mass is 35.5. The molecule has 0 aliphatic rings. The minimum absolute atomic E-state index is 0.514. The van der Waals surface area contributed by atoms with Crippen LogP contribution in [0.4, 0.5) is 0 Å². The van der Waals surface area contributed by atoms with Gasteiger partial charge in [-0.25, -0.2) is 0 Å². The second kappa shape index (κ2) is 8.23. The largest absolute Gasteiger partial charge is 0.380 e. The van der Waals surface area contributed by atoms with Crippen molar-refractivity contribution in [1.82, 2.24) is 5.32 Å². The third-order valence-electron chi connectivity index (χ3n) is 2.32. The van der Waals surface area contributed by atoms with E-state index in [0.29, 0.717) is 34.1 Å². The third kappa shape index (κ3) is 5.33. The maximum absolute atomic E-state index is 6.09. The Balaban J connectivity index is 2.33. The van der Waals surface area contributed by atoms with Crippen LogP contribution in [0.2, 0.25) is 15.1 Å². The normalized spacial score (nSPS) is 11.2. The van der Waals surface area contributed by atoms with Gasteiger partial charge in [0.15, 0.2) is 0 Å². The lowest BCUT2D eigenvalue weighted by molar-refractivity contribution is 0.111. The fourth-order valence-electron chi connectivity index (χ4n) is 1.41. The number of hydrogen-bond acceptors (Lipinski definition) is 2. The van der Waals surface area contributed by atoms with Gasteiger partial charge in [-0.05, 0) is 18.1 Å². The molecule has 0 amide bonds. The van der Waals surface area contributed by atoms with Gasteiger partial charge in [0.2, 0.25) is 0 Å². The lowest BCUT2D eigenvalue weighted by Gasteiger charge is -2.11. The number of halogens is 3. The standard InChI is InChI=1S/C13H18Cl3NO/c1-9(2)8-18-6-5-17-7-10-11(14)3-4-12(15)13(10)16/h3-4,9,17H,5-8H2,1-2H3. The molecule has 1 N–H and O–H groups in total. The maximum Gasteiger partial charge on any atom is 0.0652 e.